The zero-order valence-electron chi connectivity index (χ0n) is 13.8. The highest BCUT2D eigenvalue weighted by Crippen LogP contribution is 2.39. The number of hydrogen-bond donors (Lipinski definition) is 1. The van der Waals surface area contributed by atoms with E-state index < -0.39 is 11.7 Å². The summed E-state index contributed by atoms with van der Waals surface area (Å²) in [7, 11) is 0. The number of rotatable bonds is 1. The zero-order chi connectivity index (χ0) is 16.6. The molecule has 0 saturated carbocycles. The van der Waals surface area contributed by atoms with Crippen LogP contribution in [0.1, 0.15) is 33.6 Å². The maximum absolute atomic E-state index is 12.5. The number of nitrogens with zero attached hydrogens (tertiary/aromatic N) is 4. The van der Waals surface area contributed by atoms with Crippen LogP contribution in [0.15, 0.2) is 0 Å². The van der Waals surface area contributed by atoms with E-state index in [0.717, 1.165) is 25.9 Å². The van der Waals surface area contributed by atoms with Gasteiger partial charge >= 0.3 is 6.09 Å². The summed E-state index contributed by atoms with van der Waals surface area (Å²) in [6, 6.07) is 0. The van der Waals surface area contributed by atoms with Crippen LogP contribution in [-0.2, 0) is 4.74 Å². The molecule has 0 atom stereocenters. The molecule has 2 N–H and O–H groups in total. The molecule has 0 bridgehead atoms. The molecule has 0 aromatic carbocycles. The van der Waals surface area contributed by atoms with Crippen LogP contribution in [0.3, 0.4) is 0 Å². The lowest BCUT2D eigenvalue weighted by atomic mass is 10.2. The zero-order valence-corrected chi connectivity index (χ0v) is 13.8. The number of hydrogen-bond acceptors (Lipinski definition) is 7. The van der Waals surface area contributed by atoms with Gasteiger partial charge in [0.15, 0.2) is 11.6 Å². The van der Waals surface area contributed by atoms with Gasteiger partial charge in [0.2, 0.25) is 11.7 Å². The molecule has 1 aromatic rings. The first-order chi connectivity index (χ1) is 10.8. The third-order valence-corrected chi connectivity index (χ3v) is 3.68. The van der Waals surface area contributed by atoms with Gasteiger partial charge in [0.1, 0.15) is 12.2 Å². The SMILES string of the molecule is CC(C)(C)OC(=O)N1CCOc2c(N3CCCC3)nc(N)nc21. The van der Waals surface area contributed by atoms with Gasteiger partial charge in [0.05, 0.1) is 6.54 Å². The van der Waals surface area contributed by atoms with Crippen molar-refractivity contribution >= 4 is 23.7 Å². The Morgan fingerprint density at radius 2 is 1.83 bits per heavy atom. The number of ether oxygens (including phenoxy) is 2. The molecule has 0 aliphatic carbocycles. The molecule has 0 unspecified atom stereocenters. The largest absolute Gasteiger partial charge is 0.485 e. The second kappa shape index (κ2) is 5.75. The molecule has 1 aromatic heterocycles. The average molecular weight is 321 g/mol. The summed E-state index contributed by atoms with van der Waals surface area (Å²) in [4.78, 5) is 24.6. The normalized spacial score (nSPS) is 17.7. The van der Waals surface area contributed by atoms with Crippen LogP contribution in [-0.4, -0.2) is 47.9 Å². The molecule has 23 heavy (non-hydrogen) atoms. The quantitative estimate of drug-likeness (QED) is 0.842. The minimum absolute atomic E-state index is 0.129. The highest BCUT2D eigenvalue weighted by molar-refractivity contribution is 5.90. The average Bonchev–Trinajstić information content (AvgIpc) is 2.97. The Balaban J connectivity index is 1.96. The smallest absolute Gasteiger partial charge is 0.416 e. The van der Waals surface area contributed by atoms with Crippen molar-refractivity contribution in [1.82, 2.24) is 9.97 Å². The van der Waals surface area contributed by atoms with Crippen LogP contribution in [0.25, 0.3) is 0 Å². The molecule has 1 fully saturated rings. The molecule has 0 radical (unpaired) electrons. The Morgan fingerprint density at radius 1 is 1.17 bits per heavy atom. The highest BCUT2D eigenvalue weighted by atomic mass is 16.6. The fourth-order valence-electron chi connectivity index (χ4n) is 2.74. The second-order valence-corrected chi connectivity index (χ2v) is 6.73. The molecular formula is C15H23N5O3. The molecule has 3 heterocycles. The van der Waals surface area contributed by atoms with Gasteiger partial charge in [0, 0.05) is 13.1 Å². The van der Waals surface area contributed by atoms with Crippen LogP contribution in [0.5, 0.6) is 5.75 Å². The molecule has 126 valence electrons. The monoisotopic (exact) mass is 321 g/mol. The molecule has 8 nitrogen and oxygen atoms in total. The molecule has 3 rings (SSSR count). The van der Waals surface area contributed by atoms with Crippen LogP contribution in [0.4, 0.5) is 22.4 Å². The van der Waals surface area contributed by atoms with Gasteiger partial charge in [-0.15, -0.1) is 0 Å². The lowest BCUT2D eigenvalue weighted by Crippen LogP contribution is -2.42. The van der Waals surface area contributed by atoms with E-state index in [1.165, 1.54) is 4.90 Å². The van der Waals surface area contributed by atoms with E-state index >= 15 is 0 Å². The number of amides is 1. The fraction of sp³-hybridized carbons (Fsp3) is 0.667. The van der Waals surface area contributed by atoms with Crippen molar-refractivity contribution in [1.29, 1.82) is 0 Å². The van der Waals surface area contributed by atoms with E-state index in [9.17, 15) is 4.79 Å². The molecular weight excluding hydrogens is 298 g/mol. The molecule has 2 aliphatic rings. The minimum atomic E-state index is -0.577. The Hall–Kier alpha value is -2.25. The maximum atomic E-state index is 12.5. The predicted octanol–water partition coefficient (Wildman–Crippen LogP) is 1.79. The highest BCUT2D eigenvalue weighted by Gasteiger charge is 2.33. The van der Waals surface area contributed by atoms with Crippen molar-refractivity contribution in [2.75, 3.05) is 41.8 Å². The van der Waals surface area contributed by atoms with Crippen molar-refractivity contribution in [2.24, 2.45) is 0 Å². The summed E-state index contributed by atoms with van der Waals surface area (Å²) in [6.45, 7) is 8.04. The summed E-state index contributed by atoms with van der Waals surface area (Å²) in [6.07, 6.45) is 1.76. The number of nitrogens with two attached hydrogens (primary N) is 1. The van der Waals surface area contributed by atoms with E-state index in [0.29, 0.717) is 30.5 Å². The Kier molecular flexibility index (Phi) is 3.91. The number of carbonyl (C=O) groups is 1. The maximum Gasteiger partial charge on any atom is 0.416 e. The first kappa shape index (κ1) is 15.6. The van der Waals surface area contributed by atoms with Crippen LogP contribution in [0, 0.1) is 0 Å². The second-order valence-electron chi connectivity index (χ2n) is 6.73. The molecule has 1 saturated heterocycles. The van der Waals surface area contributed by atoms with Gasteiger partial charge in [-0.1, -0.05) is 0 Å². The summed E-state index contributed by atoms with van der Waals surface area (Å²) in [5, 5.41) is 0. The number of anilines is 3. The van der Waals surface area contributed by atoms with Gasteiger partial charge in [-0.25, -0.2) is 4.79 Å². The van der Waals surface area contributed by atoms with Gasteiger partial charge in [-0.05, 0) is 33.6 Å². The first-order valence-corrected chi connectivity index (χ1v) is 7.91. The van der Waals surface area contributed by atoms with Gasteiger partial charge in [-0.3, -0.25) is 4.90 Å². The summed E-state index contributed by atoms with van der Waals surface area (Å²) >= 11 is 0. The van der Waals surface area contributed by atoms with Crippen molar-refractivity contribution in [2.45, 2.75) is 39.2 Å². The van der Waals surface area contributed by atoms with E-state index in [1.54, 1.807) is 0 Å². The van der Waals surface area contributed by atoms with Crippen LogP contribution in [0.2, 0.25) is 0 Å². The topological polar surface area (TPSA) is 93.8 Å². The molecule has 8 heteroatoms. The van der Waals surface area contributed by atoms with Crippen molar-refractivity contribution < 1.29 is 14.3 Å². The van der Waals surface area contributed by atoms with E-state index in [4.69, 9.17) is 15.2 Å². The Bertz CT molecular complexity index is 608. The van der Waals surface area contributed by atoms with Gasteiger partial charge in [0.25, 0.3) is 0 Å². The van der Waals surface area contributed by atoms with Crippen LogP contribution >= 0.6 is 0 Å². The number of nitrogen functional groups attached to an aromatic ring is 1. The van der Waals surface area contributed by atoms with E-state index in [1.807, 2.05) is 20.8 Å². The third-order valence-electron chi connectivity index (χ3n) is 3.68. The molecule has 0 spiro atoms. The standard InChI is InChI=1S/C15H23N5O3/c1-15(2,3)23-14(21)20-8-9-22-10-11(19-6-4-5-7-19)17-13(16)18-12(10)20/h4-9H2,1-3H3,(H2,16,17,18). The van der Waals surface area contributed by atoms with Crippen molar-refractivity contribution in [3.8, 4) is 5.75 Å². The minimum Gasteiger partial charge on any atom is -0.485 e. The number of carbonyl (C=O) groups excluding carboxylic acids is 1. The summed E-state index contributed by atoms with van der Waals surface area (Å²) in [5.41, 5.74) is 5.28. The Morgan fingerprint density at radius 3 is 2.48 bits per heavy atom. The van der Waals surface area contributed by atoms with E-state index in [2.05, 4.69) is 14.9 Å². The molecule has 1 amide bonds. The third kappa shape index (κ3) is 3.25. The lowest BCUT2D eigenvalue weighted by molar-refractivity contribution is 0.0566. The fourth-order valence-corrected chi connectivity index (χ4v) is 2.74. The summed E-state index contributed by atoms with van der Waals surface area (Å²) < 4.78 is 11.2. The number of fused-ring (bicyclic) bond motifs is 1. The number of aromatic nitrogens is 2. The van der Waals surface area contributed by atoms with E-state index in [-0.39, 0.29) is 5.95 Å². The van der Waals surface area contributed by atoms with Crippen molar-refractivity contribution in [3.05, 3.63) is 0 Å². The van der Waals surface area contributed by atoms with Gasteiger partial charge < -0.3 is 20.1 Å². The molecule has 2 aliphatic heterocycles. The van der Waals surface area contributed by atoms with Gasteiger partial charge in [-0.2, -0.15) is 9.97 Å². The van der Waals surface area contributed by atoms with Crippen molar-refractivity contribution in [3.63, 3.8) is 0 Å². The predicted molar refractivity (Wildman–Crippen MR) is 87.0 cm³/mol. The van der Waals surface area contributed by atoms with Crippen LogP contribution < -0.4 is 20.3 Å². The summed E-state index contributed by atoms with van der Waals surface area (Å²) in [5.74, 6) is 1.70. The lowest BCUT2D eigenvalue weighted by Gasteiger charge is -2.32. The first-order valence-electron chi connectivity index (χ1n) is 7.91. The Labute approximate surface area is 135 Å².